The Bertz CT molecular complexity index is 235. The Kier molecular flexibility index (Phi) is 10.0. The van der Waals surface area contributed by atoms with E-state index in [-0.39, 0.29) is 0 Å². The number of hydrogen-bond donors (Lipinski definition) is 1. The normalized spacial score (nSPS) is 25.6. The van der Waals surface area contributed by atoms with Gasteiger partial charge in [-0.1, -0.05) is 33.1 Å². The molecule has 1 aliphatic rings. The van der Waals surface area contributed by atoms with Crippen molar-refractivity contribution in [1.82, 2.24) is 10.2 Å². The molecule has 3 unspecified atom stereocenters. The summed E-state index contributed by atoms with van der Waals surface area (Å²) in [6.45, 7) is 7.07. The highest BCUT2D eigenvalue weighted by Crippen LogP contribution is 2.25. The molecule has 0 bridgehead atoms. The second-order valence-electron chi connectivity index (χ2n) is 6.42. The van der Waals surface area contributed by atoms with Gasteiger partial charge in [-0.2, -0.15) is 11.8 Å². The summed E-state index contributed by atoms with van der Waals surface area (Å²) in [5.74, 6) is 2.12. The lowest BCUT2D eigenvalue weighted by Gasteiger charge is -2.34. The minimum Gasteiger partial charge on any atom is -0.314 e. The van der Waals surface area contributed by atoms with Crippen molar-refractivity contribution in [2.24, 2.45) is 5.92 Å². The first-order valence-electron chi connectivity index (χ1n) is 8.65. The van der Waals surface area contributed by atoms with Crippen molar-refractivity contribution in [2.75, 3.05) is 32.1 Å². The molecule has 1 fully saturated rings. The largest absolute Gasteiger partial charge is 0.314 e. The van der Waals surface area contributed by atoms with Crippen molar-refractivity contribution in [3.05, 3.63) is 0 Å². The summed E-state index contributed by atoms with van der Waals surface area (Å²) < 4.78 is 0. The van der Waals surface area contributed by atoms with Crippen molar-refractivity contribution in [3.63, 3.8) is 0 Å². The average molecular weight is 301 g/mol. The fourth-order valence-electron chi connectivity index (χ4n) is 3.47. The van der Waals surface area contributed by atoms with Gasteiger partial charge in [0.2, 0.25) is 0 Å². The van der Waals surface area contributed by atoms with Crippen LogP contribution in [0.25, 0.3) is 0 Å². The van der Waals surface area contributed by atoms with E-state index in [2.05, 4.69) is 37.4 Å². The molecule has 3 atom stereocenters. The molecule has 0 heterocycles. The monoisotopic (exact) mass is 300 g/mol. The van der Waals surface area contributed by atoms with E-state index in [0.29, 0.717) is 0 Å². The predicted octanol–water partition coefficient (Wildman–Crippen LogP) is 4.01. The SMILES string of the molecule is CCCNC1CCCCCC1CN(C)C(CC)CSC. The van der Waals surface area contributed by atoms with E-state index in [1.54, 1.807) is 0 Å². The molecular formula is C17H36N2S. The molecule has 1 N–H and O–H groups in total. The zero-order chi connectivity index (χ0) is 14.8. The number of hydrogen-bond acceptors (Lipinski definition) is 3. The minimum absolute atomic E-state index is 0.750. The lowest BCUT2D eigenvalue weighted by molar-refractivity contribution is 0.184. The van der Waals surface area contributed by atoms with Crippen LogP contribution in [0.2, 0.25) is 0 Å². The molecule has 1 rings (SSSR count). The first-order valence-corrected chi connectivity index (χ1v) is 10.0. The highest BCUT2D eigenvalue weighted by Gasteiger charge is 2.25. The number of nitrogens with one attached hydrogen (secondary N) is 1. The van der Waals surface area contributed by atoms with Crippen LogP contribution in [0.4, 0.5) is 0 Å². The molecule has 2 nitrogen and oxygen atoms in total. The Morgan fingerprint density at radius 1 is 1.20 bits per heavy atom. The first kappa shape index (κ1) is 18.3. The van der Waals surface area contributed by atoms with Gasteiger partial charge in [-0.25, -0.2) is 0 Å². The van der Waals surface area contributed by atoms with Crippen LogP contribution in [-0.4, -0.2) is 49.1 Å². The van der Waals surface area contributed by atoms with Crippen LogP contribution in [0.5, 0.6) is 0 Å². The number of thioether (sulfide) groups is 1. The van der Waals surface area contributed by atoms with Crippen LogP contribution in [0.15, 0.2) is 0 Å². The van der Waals surface area contributed by atoms with Crippen LogP contribution in [0.3, 0.4) is 0 Å². The quantitative estimate of drug-likeness (QED) is 0.648. The standard InChI is InChI=1S/C17H36N2S/c1-5-12-18-17-11-9-7-8-10-15(17)13-19(3)16(6-2)14-20-4/h15-18H,5-14H2,1-4H3. The van der Waals surface area contributed by atoms with Gasteiger partial charge < -0.3 is 10.2 Å². The van der Waals surface area contributed by atoms with E-state index in [9.17, 15) is 0 Å². The summed E-state index contributed by atoms with van der Waals surface area (Å²) in [4.78, 5) is 2.63. The molecule has 1 aliphatic carbocycles. The molecule has 0 aromatic carbocycles. The van der Waals surface area contributed by atoms with Gasteiger partial charge in [-0.05, 0) is 51.4 Å². The molecule has 120 valence electrons. The van der Waals surface area contributed by atoms with E-state index < -0.39 is 0 Å². The fourth-order valence-corrected chi connectivity index (χ4v) is 4.34. The molecule has 0 aliphatic heterocycles. The molecule has 20 heavy (non-hydrogen) atoms. The molecule has 0 aromatic heterocycles. The first-order chi connectivity index (χ1) is 9.72. The van der Waals surface area contributed by atoms with Crippen molar-refractivity contribution >= 4 is 11.8 Å². The molecule has 1 saturated carbocycles. The number of rotatable bonds is 9. The Balaban J connectivity index is 2.54. The lowest BCUT2D eigenvalue weighted by atomic mass is 9.93. The van der Waals surface area contributed by atoms with Crippen molar-refractivity contribution < 1.29 is 0 Å². The van der Waals surface area contributed by atoms with Crippen LogP contribution >= 0.6 is 11.8 Å². The van der Waals surface area contributed by atoms with Crippen molar-refractivity contribution in [2.45, 2.75) is 70.9 Å². The molecule has 0 spiro atoms. The van der Waals surface area contributed by atoms with Crippen LogP contribution in [-0.2, 0) is 0 Å². The van der Waals surface area contributed by atoms with E-state index in [1.165, 1.54) is 63.8 Å². The maximum Gasteiger partial charge on any atom is 0.0180 e. The smallest absolute Gasteiger partial charge is 0.0180 e. The molecule has 3 heteroatoms. The summed E-state index contributed by atoms with van der Waals surface area (Å²) in [7, 11) is 2.34. The minimum atomic E-state index is 0.750. The molecule has 0 aromatic rings. The van der Waals surface area contributed by atoms with Gasteiger partial charge in [0.1, 0.15) is 0 Å². The van der Waals surface area contributed by atoms with E-state index >= 15 is 0 Å². The van der Waals surface area contributed by atoms with Crippen LogP contribution in [0, 0.1) is 5.92 Å². The highest BCUT2D eigenvalue weighted by atomic mass is 32.2. The van der Waals surface area contributed by atoms with Gasteiger partial charge >= 0.3 is 0 Å². The van der Waals surface area contributed by atoms with Gasteiger partial charge in [0, 0.05) is 24.4 Å². The Labute approximate surface area is 131 Å². The molecule has 0 amide bonds. The van der Waals surface area contributed by atoms with E-state index in [0.717, 1.165) is 18.0 Å². The third-order valence-electron chi connectivity index (χ3n) is 4.79. The van der Waals surface area contributed by atoms with Crippen LogP contribution < -0.4 is 5.32 Å². The molecule has 0 radical (unpaired) electrons. The second kappa shape index (κ2) is 10.9. The van der Waals surface area contributed by atoms with E-state index in [4.69, 9.17) is 0 Å². The lowest BCUT2D eigenvalue weighted by Crippen LogP contribution is -2.44. The van der Waals surface area contributed by atoms with Crippen LogP contribution in [0.1, 0.15) is 58.8 Å². The summed E-state index contributed by atoms with van der Waals surface area (Å²) in [5.41, 5.74) is 0. The third-order valence-corrected chi connectivity index (χ3v) is 5.51. The number of nitrogens with zero attached hydrogens (tertiary/aromatic N) is 1. The third kappa shape index (κ3) is 6.36. The summed E-state index contributed by atoms with van der Waals surface area (Å²) in [6, 6.07) is 1.51. The maximum atomic E-state index is 3.82. The zero-order valence-electron chi connectivity index (χ0n) is 14.2. The zero-order valence-corrected chi connectivity index (χ0v) is 15.0. The average Bonchev–Trinajstić information content (AvgIpc) is 2.67. The van der Waals surface area contributed by atoms with Crippen molar-refractivity contribution in [1.29, 1.82) is 0 Å². The second-order valence-corrected chi connectivity index (χ2v) is 7.33. The summed E-state index contributed by atoms with van der Waals surface area (Å²) in [6.07, 6.45) is 11.9. The van der Waals surface area contributed by atoms with Gasteiger partial charge in [0.15, 0.2) is 0 Å². The van der Waals surface area contributed by atoms with Crippen molar-refractivity contribution in [3.8, 4) is 0 Å². The molecule has 0 saturated heterocycles. The van der Waals surface area contributed by atoms with Gasteiger partial charge in [-0.3, -0.25) is 0 Å². The highest BCUT2D eigenvalue weighted by molar-refractivity contribution is 7.98. The Morgan fingerprint density at radius 3 is 2.60 bits per heavy atom. The maximum absolute atomic E-state index is 3.82. The molecular weight excluding hydrogens is 264 g/mol. The van der Waals surface area contributed by atoms with Gasteiger partial charge in [-0.15, -0.1) is 0 Å². The van der Waals surface area contributed by atoms with Gasteiger partial charge in [0.05, 0.1) is 0 Å². The Morgan fingerprint density at radius 2 is 1.95 bits per heavy atom. The predicted molar refractivity (Wildman–Crippen MR) is 93.7 cm³/mol. The summed E-state index contributed by atoms with van der Waals surface area (Å²) in [5, 5.41) is 3.82. The van der Waals surface area contributed by atoms with Gasteiger partial charge in [0.25, 0.3) is 0 Å². The Hall–Kier alpha value is 0.270. The summed E-state index contributed by atoms with van der Waals surface area (Å²) >= 11 is 1.99. The fraction of sp³-hybridized carbons (Fsp3) is 1.00. The topological polar surface area (TPSA) is 15.3 Å². The van der Waals surface area contributed by atoms with E-state index in [1.807, 2.05) is 11.8 Å².